The molecule has 0 spiro atoms. The van der Waals surface area contributed by atoms with E-state index >= 15 is 0 Å². The van der Waals surface area contributed by atoms with E-state index in [1.807, 2.05) is 18.3 Å². The summed E-state index contributed by atoms with van der Waals surface area (Å²) >= 11 is 6.14. The number of ether oxygens (including phenoxy) is 2. The maximum absolute atomic E-state index is 13.0. The molecule has 0 unspecified atom stereocenters. The van der Waals surface area contributed by atoms with Crippen LogP contribution in [0.4, 0.5) is 10.5 Å². The first-order valence-electron chi connectivity index (χ1n) is 11.5. The Morgan fingerprint density at radius 3 is 2.58 bits per heavy atom. The number of phenolic OH excluding ortho intramolecular Hbond substituents is 1. The molecule has 1 aromatic heterocycles. The minimum atomic E-state index is -0.802. The zero-order chi connectivity index (χ0) is 26.0. The number of morpholine rings is 1. The molecule has 36 heavy (non-hydrogen) atoms. The lowest BCUT2D eigenvalue weighted by molar-refractivity contribution is -0.127. The molecule has 2 heterocycles. The van der Waals surface area contributed by atoms with Crippen LogP contribution in [0.1, 0.15) is 20.8 Å². The van der Waals surface area contributed by atoms with Crippen molar-refractivity contribution in [2.75, 3.05) is 25.1 Å². The standard InChI is InChI=1S/C26H29ClN4O5/c1-26(2,3)36-25(34)31-11-12-35-15-21(31)24(33)28-18-8-5-16(6-9-18)20-14-30(4)29-23(20)19-13-17(27)7-10-22(19)32/h5-10,13-14,21,32H,11-12,15H2,1-4H3,(H,28,33)/t21-/m0/s1. The smallest absolute Gasteiger partial charge is 0.411 e. The summed E-state index contributed by atoms with van der Waals surface area (Å²) in [5.41, 5.74) is 2.64. The van der Waals surface area contributed by atoms with E-state index in [0.717, 1.165) is 11.1 Å². The molecule has 1 fully saturated rings. The zero-order valence-electron chi connectivity index (χ0n) is 20.6. The predicted molar refractivity (Wildman–Crippen MR) is 137 cm³/mol. The first-order chi connectivity index (χ1) is 17.0. The van der Waals surface area contributed by atoms with Gasteiger partial charge in [0.2, 0.25) is 5.91 Å². The molecule has 190 valence electrons. The predicted octanol–water partition coefficient (Wildman–Crippen LogP) is 4.69. The lowest BCUT2D eigenvalue weighted by atomic mass is 10.0. The van der Waals surface area contributed by atoms with Gasteiger partial charge in [-0.05, 0) is 56.7 Å². The number of rotatable bonds is 4. The van der Waals surface area contributed by atoms with Crippen molar-refractivity contribution in [3.05, 3.63) is 53.7 Å². The van der Waals surface area contributed by atoms with E-state index < -0.39 is 17.7 Å². The maximum Gasteiger partial charge on any atom is 0.411 e. The third-order valence-corrected chi connectivity index (χ3v) is 5.80. The fraction of sp³-hybridized carbons (Fsp3) is 0.346. The van der Waals surface area contributed by atoms with Crippen molar-refractivity contribution in [2.24, 2.45) is 7.05 Å². The van der Waals surface area contributed by atoms with E-state index in [4.69, 9.17) is 21.1 Å². The van der Waals surface area contributed by atoms with Gasteiger partial charge in [-0.2, -0.15) is 5.10 Å². The van der Waals surface area contributed by atoms with Crippen LogP contribution < -0.4 is 5.32 Å². The molecule has 4 rings (SSSR count). The van der Waals surface area contributed by atoms with E-state index in [-0.39, 0.29) is 24.8 Å². The monoisotopic (exact) mass is 512 g/mol. The quantitative estimate of drug-likeness (QED) is 0.525. The summed E-state index contributed by atoms with van der Waals surface area (Å²) in [7, 11) is 1.80. The topological polar surface area (TPSA) is 106 Å². The highest BCUT2D eigenvalue weighted by Gasteiger charge is 2.35. The van der Waals surface area contributed by atoms with Gasteiger partial charge in [-0.1, -0.05) is 23.7 Å². The molecule has 3 aromatic rings. The van der Waals surface area contributed by atoms with Gasteiger partial charge in [0.25, 0.3) is 0 Å². The van der Waals surface area contributed by atoms with Gasteiger partial charge in [-0.15, -0.1) is 0 Å². The summed E-state index contributed by atoms with van der Waals surface area (Å²) in [4.78, 5) is 27.0. The summed E-state index contributed by atoms with van der Waals surface area (Å²) in [6.07, 6.45) is 1.30. The number of aromatic nitrogens is 2. The molecule has 1 aliphatic heterocycles. The number of nitrogens with one attached hydrogen (secondary N) is 1. The third-order valence-electron chi connectivity index (χ3n) is 5.57. The number of phenols is 1. The normalized spacial score (nSPS) is 16.0. The number of nitrogens with zero attached hydrogens (tertiary/aromatic N) is 3. The third kappa shape index (κ3) is 5.80. The van der Waals surface area contributed by atoms with Crippen molar-refractivity contribution in [2.45, 2.75) is 32.4 Å². The van der Waals surface area contributed by atoms with E-state index in [1.165, 1.54) is 11.0 Å². The number of hydrogen-bond donors (Lipinski definition) is 2. The van der Waals surface area contributed by atoms with E-state index in [0.29, 0.717) is 28.6 Å². The van der Waals surface area contributed by atoms with Crippen molar-refractivity contribution in [1.82, 2.24) is 14.7 Å². The molecule has 1 saturated heterocycles. The van der Waals surface area contributed by atoms with Crippen LogP contribution in [0.15, 0.2) is 48.7 Å². The van der Waals surface area contributed by atoms with Gasteiger partial charge in [-0.25, -0.2) is 4.79 Å². The average molecular weight is 513 g/mol. The van der Waals surface area contributed by atoms with Crippen LogP contribution in [-0.2, 0) is 21.3 Å². The van der Waals surface area contributed by atoms with Crippen LogP contribution in [-0.4, -0.2) is 63.2 Å². The van der Waals surface area contributed by atoms with Gasteiger partial charge < -0.3 is 19.9 Å². The SMILES string of the molecule is Cn1cc(-c2ccc(NC(=O)[C@@H]3COCCN3C(=O)OC(C)(C)C)cc2)c(-c2cc(Cl)ccc2O)n1. The average Bonchev–Trinajstić information content (AvgIpc) is 3.21. The molecule has 10 heteroatoms. The number of halogens is 1. The number of aryl methyl sites for hydroxylation is 1. The molecule has 2 N–H and O–H groups in total. The Balaban J connectivity index is 1.52. The summed E-state index contributed by atoms with van der Waals surface area (Å²) in [5.74, 6) is -0.285. The van der Waals surface area contributed by atoms with Crippen LogP contribution in [0.2, 0.25) is 5.02 Å². The van der Waals surface area contributed by atoms with Gasteiger partial charge in [0.1, 0.15) is 23.1 Å². The molecular weight excluding hydrogens is 484 g/mol. The summed E-state index contributed by atoms with van der Waals surface area (Å²) < 4.78 is 12.6. The second-order valence-electron chi connectivity index (χ2n) is 9.56. The Labute approximate surface area is 214 Å². The Morgan fingerprint density at radius 2 is 1.89 bits per heavy atom. The van der Waals surface area contributed by atoms with Crippen LogP contribution >= 0.6 is 11.6 Å². The van der Waals surface area contributed by atoms with Gasteiger partial charge in [-0.3, -0.25) is 14.4 Å². The number of carbonyl (C=O) groups excluding carboxylic acids is 2. The highest BCUT2D eigenvalue weighted by Crippen LogP contribution is 2.37. The minimum absolute atomic E-state index is 0.0764. The van der Waals surface area contributed by atoms with E-state index in [9.17, 15) is 14.7 Å². The number of anilines is 1. The fourth-order valence-corrected chi connectivity index (χ4v) is 4.09. The summed E-state index contributed by atoms with van der Waals surface area (Å²) in [6, 6.07) is 11.2. The lowest BCUT2D eigenvalue weighted by Gasteiger charge is -2.35. The first-order valence-corrected chi connectivity index (χ1v) is 11.9. The number of benzene rings is 2. The number of hydrogen-bond acceptors (Lipinski definition) is 6. The summed E-state index contributed by atoms with van der Waals surface area (Å²) in [5, 5.41) is 18.2. The van der Waals surface area contributed by atoms with Crippen molar-refractivity contribution in [1.29, 1.82) is 0 Å². The zero-order valence-corrected chi connectivity index (χ0v) is 21.4. The number of aromatic hydroxyl groups is 1. The Kier molecular flexibility index (Phi) is 7.23. The van der Waals surface area contributed by atoms with Gasteiger partial charge in [0.05, 0.1) is 13.2 Å². The van der Waals surface area contributed by atoms with Crippen molar-refractivity contribution in [3.8, 4) is 28.1 Å². The van der Waals surface area contributed by atoms with Crippen molar-refractivity contribution < 1.29 is 24.2 Å². The number of amides is 2. The molecule has 0 bridgehead atoms. The van der Waals surface area contributed by atoms with Crippen LogP contribution in [0.25, 0.3) is 22.4 Å². The molecule has 2 aromatic carbocycles. The van der Waals surface area contributed by atoms with Crippen LogP contribution in [0.5, 0.6) is 5.75 Å². The van der Waals surface area contributed by atoms with E-state index in [1.54, 1.807) is 56.8 Å². The molecule has 1 aliphatic rings. The van der Waals surface area contributed by atoms with Crippen molar-refractivity contribution >= 4 is 29.3 Å². The molecule has 0 aliphatic carbocycles. The molecular formula is C26H29ClN4O5. The van der Waals surface area contributed by atoms with Crippen LogP contribution in [0, 0.1) is 0 Å². The highest BCUT2D eigenvalue weighted by molar-refractivity contribution is 6.31. The van der Waals surface area contributed by atoms with Gasteiger partial charge in [0, 0.05) is 41.6 Å². The lowest BCUT2D eigenvalue weighted by Crippen LogP contribution is -2.55. The molecule has 9 nitrogen and oxygen atoms in total. The Hall–Kier alpha value is -3.56. The molecule has 1 atom stereocenters. The van der Waals surface area contributed by atoms with Crippen molar-refractivity contribution in [3.63, 3.8) is 0 Å². The van der Waals surface area contributed by atoms with Crippen LogP contribution in [0.3, 0.4) is 0 Å². The Morgan fingerprint density at radius 1 is 1.17 bits per heavy atom. The largest absolute Gasteiger partial charge is 0.507 e. The molecule has 0 saturated carbocycles. The van der Waals surface area contributed by atoms with Gasteiger partial charge in [0.15, 0.2) is 0 Å². The van der Waals surface area contributed by atoms with E-state index in [2.05, 4.69) is 10.4 Å². The maximum atomic E-state index is 13.0. The first kappa shape index (κ1) is 25.5. The Bertz CT molecular complexity index is 1270. The molecule has 2 amide bonds. The second kappa shape index (κ2) is 10.2. The minimum Gasteiger partial charge on any atom is -0.507 e. The summed E-state index contributed by atoms with van der Waals surface area (Å²) in [6.45, 7) is 6.04. The fourth-order valence-electron chi connectivity index (χ4n) is 3.92. The molecule has 0 radical (unpaired) electrons. The second-order valence-corrected chi connectivity index (χ2v) is 9.99. The number of carbonyl (C=O) groups is 2. The van der Waals surface area contributed by atoms with Gasteiger partial charge >= 0.3 is 6.09 Å². The highest BCUT2D eigenvalue weighted by atomic mass is 35.5.